The van der Waals surface area contributed by atoms with Gasteiger partial charge in [0.1, 0.15) is 28.5 Å². The fourth-order valence-electron chi connectivity index (χ4n) is 5.17. The van der Waals surface area contributed by atoms with Gasteiger partial charge in [0.05, 0.1) is 17.4 Å². The number of carbonyl (C=O) groups is 1. The summed E-state index contributed by atoms with van der Waals surface area (Å²) in [5.74, 6) is 0.625. The van der Waals surface area contributed by atoms with Crippen LogP contribution in [0, 0.1) is 5.92 Å². The number of aryl methyl sites for hydroxylation is 1. The van der Waals surface area contributed by atoms with Crippen molar-refractivity contribution >= 4 is 17.2 Å². The van der Waals surface area contributed by atoms with Crippen LogP contribution in [0.25, 0.3) is 16.9 Å². The van der Waals surface area contributed by atoms with E-state index in [-0.39, 0.29) is 34.9 Å². The zero-order valence-corrected chi connectivity index (χ0v) is 23.2. The maximum atomic E-state index is 13.4. The van der Waals surface area contributed by atoms with Gasteiger partial charge >= 0.3 is 6.61 Å². The molecule has 0 radical (unpaired) electrons. The number of anilines is 1. The molecule has 1 amide bonds. The molecule has 4 heterocycles. The molecule has 0 saturated carbocycles. The first-order valence-electron chi connectivity index (χ1n) is 13.7. The van der Waals surface area contributed by atoms with Crippen molar-refractivity contribution in [3.05, 3.63) is 84.4 Å². The van der Waals surface area contributed by atoms with Crippen molar-refractivity contribution in [1.29, 1.82) is 0 Å². The summed E-state index contributed by atoms with van der Waals surface area (Å²) in [6, 6.07) is 13.8. The van der Waals surface area contributed by atoms with Crippen LogP contribution in [0.4, 0.5) is 14.5 Å². The Morgan fingerprint density at radius 2 is 2.00 bits per heavy atom. The number of hydrogen-bond donors (Lipinski definition) is 2. The number of amides is 1. The van der Waals surface area contributed by atoms with Crippen molar-refractivity contribution in [1.82, 2.24) is 29.3 Å². The molecule has 3 aromatic heterocycles. The molecular weight excluding hydrogens is 560 g/mol. The molecule has 1 atom stereocenters. The standard InChI is InChI=1S/C30H29F2N7O4/c1-37-17-25(35-29(41)24-14-34-39-11-2-10-33-28(24)39)27(36-37)23-13-22(7-8-26(23)43-30(31)32)42-21-5-3-19(4-6-21)15-38-12-9-20(16-38)18-40/h2-8,10-11,13-14,17,20,30,40H,9,12,15-16,18H2,1H3,(H,35,41). The van der Waals surface area contributed by atoms with Gasteiger partial charge in [0.25, 0.3) is 5.91 Å². The van der Waals surface area contributed by atoms with E-state index in [0.717, 1.165) is 31.6 Å². The molecule has 13 heteroatoms. The van der Waals surface area contributed by atoms with E-state index in [0.29, 0.717) is 23.1 Å². The van der Waals surface area contributed by atoms with Crippen molar-refractivity contribution in [2.45, 2.75) is 19.6 Å². The molecule has 0 bridgehead atoms. The summed E-state index contributed by atoms with van der Waals surface area (Å²) in [7, 11) is 1.65. The van der Waals surface area contributed by atoms with Crippen LogP contribution < -0.4 is 14.8 Å². The zero-order valence-electron chi connectivity index (χ0n) is 23.2. The number of nitrogens with one attached hydrogen (secondary N) is 1. The molecule has 1 aliphatic rings. The molecule has 1 aliphatic heterocycles. The highest BCUT2D eigenvalue weighted by atomic mass is 19.3. The van der Waals surface area contributed by atoms with Gasteiger partial charge in [-0.3, -0.25) is 14.4 Å². The molecular formula is C30H29F2N7O4. The van der Waals surface area contributed by atoms with E-state index in [2.05, 4.69) is 25.4 Å². The SMILES string of the molecule is Cn1cc(NC(=O)c2cnn3cccnc23)c(-c2cc(Oc3ccc(CN4CCC(CO)C4)cc3)ccc2OC(F)F)n1. The van der Waals surface area contributed by atoms with Gasteiger partial charge in [-0.1, -0.05) is 12.1 Å². The second-order valence-corrected chi connectivity index (χ2v) is 10.3. The van der Waals surface area contributed by atoms with Gasteiger partial charge in [0, 0.05) is 45.3 Å². The normalized spacial score (nSPS) is 15.3. The van der Waals surface area contributed by atoms with Gasteiger partial charge in [-0.05, 0) is 60.8 Å². The Kier molecular flexibility index (Phi) is 7.99. The number of nitrogens with zero attached hydrogens (tertiary/aromatic N) is 6. The molecule has 1 fully saturated rings. The van der Waals surface area contributed by atoms with Crippen molar-refractivity contribution in [2.24, 2.45) is 13.0 Å². The van der Waals surface area contributed by atoms with Gasteiger partial charge < -0.3 is 19.9 Å². The quantitative estimate of drug-likeness (QED) is 0.243. The first kappa shape index (κ1) is 28.2. The minimum Gasteiger partial charge on any atom is -0.457 e. The summed E-state index contributed by atoms with van der Waals surface area (Å²) < 4.78 is 40.5. The van der Waals surface area contributed by atoms with Gasteiger partial charge in [-0.2, -0.15) is 19.0 Å². The molecule has 11 nitrogen and oxygen atoms in total. The summed E-state index contributed by atoms with van der Waals surface area (Å²) >= 11 is 0. The summed E-state index contributed by atoms with van der Waals surface area (Å²) in [5, 5.41) is 20.8. The number of rotatable bonds is 10. The number of halogens is 2. The van der Waals surface area contributed by atoms with Crippen LogP contribution >= 0.6 is 0 Å². The smallest absolute Gasteiger partial charge is 0.387 e. The lowest BCUT2D eigenvalue weighted by atomic mass is 10.1. The van der Waals surface area contributed by atoms with E-state index < -0.39 is 12.5 Å². The summed E-state index contributed by atoms with van der Waals surface area (Å²) in [6.45, 7) is -0.270. The van der Waals surface area contributed by atoms with Crippen molar-refractivity contribution in [3.63, 3.8) is 0 Å². The third-order valence-electron chi connectivity index (χ3n) is 7.22. The Balaban J connectivity index is 1.24. The maximum absolute atomic E-state index is 13.4. The van der Waals surface area contributed by atoms with Crippen LogP contribution in [0.5, 0.6) is 17.2 Å². The first-order chi connectivity index (χ1) is 20.9. The monoisotopic (exact) mass is 589 g/mol. The summed E-state index contributed by atoms with van der Waals surface area (Å²) in [6.07, 6.45) is 7.17. The summed E-state index contributed by atoms with van der Waals surface area (Å²) in [5.41, 5.74) is 2.40. The fraction of sp³-hybridized carbons (Fsp3) is 0.267. The largest absolute Gasteiger partial charge is 0.457 e. The van der Waals surface area contributed by atoms with Crippen molar-refractivity contribution in [3.8, 4) is 28.5 Å². The molecule has 0 spiro atoms. The third-order valence-corrected chi connectivity index (χ3v) is 7.22. The number of aliphatic hydroxyl groups is 1. The molecule has 2 aromatic carbocycles. The molecule has 1 saturated heterocycles. The Labute approximate surface area is 245 Å². The van der Waals surface area contributed by atoms with E-state index in [1.54, 1.807) is 37.8 Å². The number of aromatic nitrogens is 5. The Hall–Kier alpha value is -4.88. The molecule has 5 aromatic rings. The highest BCUT2D eigenvalue weighted by Crippen LogP contribution is 2.39. The van der Waals surface area contributed by atoms with Crippen LogP contribution in [0.2, 0.25) is 0 Å². The maximum Gasteiger partial charge on any atom is 0.387 e. The Morgan fingerprint density at radius 3 is 2.77 bits per heavy atom. The van der Waals surface area contributed by atoms with Crippen LogP contribution in [-0.2, 0) is 13.6 Å². The highest BCUT2D eigenvalue weighted by molar-refractivity contribution is 6.09. The van der Waals surface area contributed by atoms with Crippen molar-refractivity contribution in [2.75, 3.05) is 25.0 Å². The predicted molar refractivity (Wildman–Crippen MR) is 153 cm³/mol. The Morgan fingerprint density at radius 1 is 1.19 bits per heavy atom. The summed E-state index contributed by atoms with van der Waals surface area (Å²) in [4.78, 5) is 19.7. The predicted octanol–water partition coefficient (Wildman–Crippen LogP) is 4.59. The lowest BCUT2D eigenvalue weighted by Crippen LogP contribution is -2.20. The molecule has 2 N–H and O–H groups in total. The van der Waals surface area contributed by atoms with Gasteiger partial charge in [0.2, 0.25) is 0 Å². The van der Waals surface area contributed by atoms with Crippen LogP contribution in [0.1, 0.15) is 22.3 Å². The van der Waals surface area contributed by atoms with Crippen LogP contribution in [0.15, 0.2) is 73.3 Å². The van der Waals surface area contributed by atoms with Gasteiger partial charge in [-0.15, -0.1) is 0 Å². The number of alkyl halides is 2. The number of aliphatic hydroxyl groups excluding tert-OH is 1. The molecule has 0 aliphatic carbocycles. The average Bonchev–Trinajstić information content (AvgIpc) is 3.73. The molecule has 43 heavy (non-hydrogen) atoms. The fourth-order valence-corrected chi connectivity index (χ4v) is 5.17. The lowest BCUT2D eigenvalue weighted by molar-refractivity contribution is -0.0494. The Bertz CT molecular complexity index is 1740. The number of likely N-dealkylation sites (tertiary alicyclic amines) is 1. The lowest BCUT2D eigenvalue weighted by Gasteiger charge is -2.16. The van der Waals surface area contributed by atoms with Gasteiger partial charge in [0.15, 0.2) is 5.65 Å². The number of carbonyl (C=O) groups excluding carboxylic acids is 1. The topological polar surface area (TPSA) is 119 Å². The van der Waals surface area contributed by atoms with E-state index >= 15 is 0 Å². The second kappa shape index (κ2) is 12.2. The van der Waals surface area contributed by atoms with Gasteiger partial charge in [-0.25, -0.2) is 9.50 Å². The molecule has 222 valence electrons. The third kappa shape index (κ3) is 6.32. The zero-order chi connectivity index (χ0) is 29.9. The number of ether oxygens (including phenoxy) is 2. The highest BCUT2D eigenvalue weighted by Gasteiger charge is 2.23. The van der Waals surface area contributed by atoms with E-state index in [4.69, 9.17) is 9.47 Å². The second-order valence-electron chi connectivity index (χ2n) is 10.3. The van der Waals surface area contributed by atoms with Crippen LogP contribution in [-0.4, -0.2) is 66.6 Å². The average molecular weight is 590 g/mol. The molecule has 6 rings (SSSR count). The van der Waals surface area contributed by atoms with E-state index in [1.807, 2.05) is 24.3 Å². The van der Waals surface area contributed by atoms with Crippen molar-refractivity contribution < 1.29 is 28.2 Å². The minimum absolute atomic E-state index is 0.128. The minimum atomic E-state index is -3.08. The van der Waals surface area contributed by atoms with E-state index in [9.17, 15) is 18.7 Å². The molecule has 1 unspecified atom stereocenters. The number of benzene rings is 2. The van der Waals surface area contributed by atoms with Crippen LogP contribution in [0.3, 0.4) is 0 Å². The number of fused-ring (bicyclic) bond motifs is 1. The van der Waals surface area contributed by atoms with E-state index in [1.165, 1.54) is 27.5 Å². The number of hydrogen-bond acceptors (Lipinski definition) is 8. The first-order valence-corrected chi connectivity index (χ1v) is 13.7.